The molecule has 0 saturated heterocycles. The van der Waals surface area contributed by atoms with Crippen LogP contribution in [-0.4, -0.2) is 38.4 Å². The monoisotopic (exact) mass is 407 g/mol. The summed E-state index contributed by atoms with van der Waals surface area (Å²) in [6.07, 6.45) is 1.45. The smallest absolute Gasteiger partial charge is 0.277 e. The van der Waals surface area contributed by atoms with E-state index >= 15 is 0 Å². The van der Waals surface area contributed by atoms with Crippen LogP contribution in [0.4, 0.5) is 0 Å². The van der Waals surface area contributed by atoms with Crippen LogP contribution in [0.3, 0.4) is 0 Å². The first-order valence-electron chi connectivity index (χ1n) is 9.08. The molecule has 8 nitrogen and oxygen atoms in total. The highest BCUT2D eigenvalue weighted by atomic mass is 16.5. The van der Waals surface area contributed by atoms with E-state index in [1.807, 2.05) is 42.5 Å². The van der Waals surface area contributed by atoms with Gasteiger partial charge in [0.25, 0.3) is 11.8 Å². The molecule has 0 spiro atoms. The van der Waals surface area contributed by atoms with Gasteiger partial charge in [0.1, 0.15) is 5.75 Å². The molecule has 3 aromatic carbocycles. The van der Waals surface area contributed by atoms with Gasteiger partial charge in [-0.05, 0) is 35.2 Å². The van der Waals surface area contributed by atoms with Gasteiger partial charge in [-0.1, -0.05) is 36.4 Å². The van der Waals surface area contributed by atoms with Crippen LogP contribution in [0.1, 0.15) is 5.56 Å². The number of primary amides is 1. The molecule has 8 heteroatoms. The second kappa shape index (κ2) is 9.92. The predicted octanol–water partition coefficient (Wildman–Crippen LogP) is 2.24. The number of hydrogen-bond acceptors (Lipinski definition) is 6. The van der Waals surface area contributed by atoms with Crippen LogP contribution in [-0.2, 0) is 9.59 Å². The van der Waals surface area contributed by atoms with Gasteiger partial charge in [0, 0.05) is 5.39 Å². The van der Waals surface area contributed by atoms with Gasteiger partial charge < -0.3 is 19.9 Å². The average Bonchev–Trinajstić information content (AvgIpc) is 2.76. The predicted molar refractivity (Wildman–Crippen MR) is 113 cm³/mol. The van der Waals surface area contributed by atoms with E-state index in [1.54, 1.807) is 18.2 Å². The van der Waals surface area contributed by atoms with E-state index in [0.717, 1.165) is 10.8 Å². The molecule has 0 radical (unpaired) electrons. The van der Waals surface area contributed by atoms with E-state index in [2.05, 4.69) is 10.5 Å². The molecule has 0 unspecified atom stereocenters. The van der Waals surface area contributed by atoms with Gasteiger partial charge in [-0.3, -0.25) is 9.59 Å². The number of nitrogens with one attached hydrogen (secondary N) is 1. The van der Waals surface area contributed by atoms with Crippen molar-refractivity contribution in [1.82, 2.24) is 5.43 Å². The van der Waals surface area contributed by atoms with Crippen molar-refractivity contribution in [2.24, 2.45) is 10.8 Å². The lowest BCUT2D eigenvalue weighted by molar-refractivity contribution is -0.123. The van der Waals surface area contributed by atoms with Gasteiger partial charge in [0.05, 0.1) is 13.3 Å². The van der Waals surface area contributed by atoms with Crippen molar-refractivity contribution < 1.29 is 23.8 Å². The molecule has 0 aliphatic rings. The number of fused-ring (bicyclic) bond motifs is 1. The third kappa shape index (κ3) is 5.48. The van der Waals surface area contributed by atoms with Crippen LogP contribution in [0.2, 0.25) is 0 Å². The Balaban J connectivity index is 1.55. The summed E-state index contributed by atoms with van der Waals surface area (Å²) in [5.74, 6) is 0.430. The summed E-state index contributed by atoms with van der Waals surface area (Å²) >= 11 is 0. The summed E-state index contributed by atoms with van der Waals surface area (Å²) in [5, 5.41) is 5.89. The summed E-state index contributed by atoms with van der Waals surface area (Å²) in [7, 11) is 1.47. The minimum Gasteiger partial charge on any atom is -0.493 e. The minimum atomic E-state index is -0.587. The maximum absolute atomic E-state index is 12.0. The van der Waals surface area contributed by atoms with Crippen LogP contribution in [0.25, 0.3) is 10.8 Å². The third-order valence-electron chi connectivity index (χ3n) is 4.07. The quantitative estimate of drug-likeness (QED) is 0.417. The number of carbonyl (C=O) groups excluding carboxylic acids is 2. The molecule has 0 aliphatic carbocycles. The third-order valence-corrected chi connectivity index (χ3v) is 4.07. The number of hydrazone groups is 1. The molecular weight excluding hydrogens is 386 g/mol. The Morgan fingerprint density at radius 1 is 0.967 bits per heavy atom. The molecule has 0 saturated carbocycles. The molecule has 2 amide bonds. The van der Waals surface area contributed by atoms with Crippen LogP contribution in [0.5, 0.6) is 17.2 Å². The Morgan fingerprint density at radius 3 is 2.53 bits per heavy atom. The maximum atomic E-state index is 12.0. The van der Waals surface area contributed by atoms with Crippen molar-refractivity contribution in [3.05, 3.63) is 66.2 Å². The Hall–Kier alpha value is -4.07. The standard InChI is InChI=1S/C22H21N3O5/c1-28-20-11-15(9-10-19(20)29-13-21(23)26)12-24-25-22(27)14-30-18-8-4-6-16-5-2-3-7-17(16)18/h2-12H,13-14H2,1H3,(H2,23,26)(H,25,27). The molecule has 154 valence electrons. The fraction of sp³-hybridized carbons (Fsp3) is 0.136. The highest BCUT2D eigenvalue weighted by molar-refractivity contribution is 5.89. The number of carbonyl (C=O) groups is 2. The summed E-state index contributed by atoms with van der Waals surface area (Å²) in [6, 6.07) is 18.4. The molecule has 0 aliphatic heterocycles. The highest BCUT2D eigenvalue weighted by Crippen LogP contribution is 2.27. The summed E-state index contributed by atoms with van der Waals surface area (Å²) in [5.41, 5.74) is 8.14. The molecule has 0 atom stereocenters. The average molecular weight is 407 g/mol. The molecule has 3 N–H and O–H groups in total. The minimum absolute atomic E-state index is 0.172. The fourth-order valence-corrected chi connectivity index (χ4v) is 2.71. The first-order valence-corrected chi connectivity index (χ1v) is 9.08. The zero-order valence-electron chi connectivity index (χ0n) is 16.3. The number of methoxy groups -OCH3 is 1. The van der Waals surface area contributed by atoms with Crippen LogP contribution >= 0.6 is 0 Å². The van der Waals surface area contributed by atoms with E-state index in [-0.39, 0.29) is 13.2 Å². The largest absolute Gasteiger partial charge is 0.493 e. The number of ether oxygens (including phenoxy) is 3. The van der Waals surface area contributed by atoms with Gasteiger partial charge >= 0.3 is 0 Å². The number of benzene rings is 3. The number of amides is 2. The lowest BCUT2D eigenvalue weighted by Gasteiger charge is -2.10. The first-order chi connectivity index (χ1) is 14.6. The summed E-state index contributed by atoms with van der Waals surface area (Å²) < 4.78 is 16.1. The van der Waals surface area contributed by atoms with Crippen molar-refractivity contribution in [2.75, 3.05) is 20.3 Å². The second-order valence-corrected chi connectivity index (χ2v) is 6.22. The molecular formula is C22H21N3O5. The normalized spacial score (nSPS) is 10.7. The zero-order valence-corrected chi connectivity index (χ0v) is 16.3. The lowest BCUT2D eigenvalue weighted by Crippen LogP contribution is -2.24. The first kappa shape index (κ1) is 20.7. The lowest BCUT2D eigenvalue weighted by atomic mass is 10.1. The van der Waals surface area contributed by atoms with Crippen molar-refractivity contribution in [3.8, 4) is 17.2 Å². The Labute approximate surface area is 173 Å². The Kier molecular flexibility index (Phi) is 6.83. The van der Waals surface area contributed by atoms with E-state index in [4.69, 9.17) is 19.9 Å². The van der Waals surface area contributed by atoms with Crippen LogP contribution in [0, 0.1) is 0 Å². The van der Waals surface area contributed by atoms with E-state index < -0.39 is 11.8 Å². The summed E-state index contributed by atoms with van der Waals surface area (Å²) in [6.45, 7) is -0.425. The molecule has 0 bridgehead atoms. The van der Waals surface area contributed by atoms with E-state index in [1.165, 1.54) is 13.3 Å². The molecule has 3 aromatic rings. The van der Waals surface area contributed by atoms with Crippen molar-refractivity contribution in [1.29, 1.82) is 0 Å². The van der Waals surface area contributed by atoms with Gasteiger partial charge in [-0.25, -0.2) is 5.43 Å². The molecule has 3 rings (SSSR count). The number of rotatable bonds is 9. The zero-order chi connectivity index (χ0) is 21.3. The van der Waals surface area contributed by atoms with Crippen LogP contribution in [0.15, 0.2) is 65.8 Å². The molecule has 30 heavy (non-hydrogen) atoms. The van der Waals surface area contributed by atoms with Crippen LogP contribution < -0.4 is 25.4 Å². The molecule has 0 aromatic heterocycles. The van der Waals surface area contributed by atoms with Gasteiger partial charge in [0.15, 0.2) is 24.7 Å². The number of nitrogens with zero attached hydrogens (tertiary/aromatic N) is 1. The maximum Gasteiger partial charge on any atom is 0.277 e. The molecule has 0 heterocycles. The van der Waals surface area contributed by atoms with Gasteiger partial charge in [-0.2, -0.15) is 5.10 Å². The van der Waals surface area contributed by atoms with E-state index in [0.29, 0.717) is 22.8 Å². The fourth-order valence-electron chi connectivity index (χ4n) is 2.71. The highest BCUT2D eigenvalue weighted by Gasteiger charge is 2.07. The second-order valence-electron chi connectivity index (χ2n) is 6.22. The molecule has 0 fully saturated rings. The van der Waals surface area contributed by atoms with E-state index in [9.17, 15) is 9.59 Å². The SMILES string of the molecule is COc1cc(C=NNC(=O)COc2cccc3ccccc23)ccc1OCC(N)=O. The van der Waals surface area contributed by atoms with Gasteiger partial charge in [0.2, 0.25) is 0 Å². The number of hydrogen-bond donors (Lipinski definition) is 2. The van der Waals surface area contributed by atoms with Crippen molar-refractivity contribution >= 4 is 28.8 Å². The Morgan fingerprint density at radius 2 is 1.73 bits per heavy atom. The van der Waals surface area contributed by atoms with Crippen molar-refractivity contribution in [3.63, 3.8) is 0 Å². The van der Waals surface area contributed by atoms with Gasteiger partial charge in [-0.15, -0.1) is 0 Å². The summed E-state index contributed by atoms with van der Waals surface area (Å²) in [4.78, 5) is 22.9. The Bertz CT molecular complexity index is 1080. The number of nitrogens with two attached hydrogens (primary N) is 1. The topological polar surface area (TPSA) is 112 Å². The van der Waals surface area contributed by atoms with Crippen molar-refractivity contribution in [2.45, 2.75) is 0 Å².